The van der Waals surface area contributed by atoms with E-state index in [9.17, 15) is 4.79 Å². The molecule has 1 aromatic heterocycles. The van der Waals surface area contributed by atoms with Gasteiger partial charge in [-0.05, 0) is 60.9 Å². The van der Waals surface area contributed by atoms with Crippen LogP contribution in [0.3, 0.4) is 0 Å². The zero-order chi connectivity index (χ0) is 19.9. The Balaban J connectivity index is 1.73. The number of carbonyl (C=O) groups is 1. The number of hydrogen-bond acceptors (Lipinski definition) is 4. The number of anilines is 3. The number of amides is 1. The third-order valence-corrected chi connectivity index (χ3v) is 4.28. The standard InChI is InChI=1S/C23H25N3O2/c1-4-28-19-11-9-17(10-12-19)25-18-13-14-24-22(15-18)23(27)26-21-8-6-5-7-20(21)16(2)3/h5-16H,4H2,1-3H3,(H,24,25)(H,26,27). The van der Waals surface area contributed by atoms with Gasteiger partial charge < -0.3 is 15.4 Å². The van der Waals surface area contributed by atoms with Crippen LogP contribution in [0.15, 0.2) is 66.9 Å². The van der Waals surface area contributed by atoms with Gasteiger partial charge in [0.05, 0.1) is 6.61 Å². The zero-order valence-electron chi connectivity index (χ0n) is 16.4. The van der Waals surface area contributed by atoms with Crippen LogP contribution in [0.4, 0.5) is 17.1 Å². The minimum atomic E-state index is -0.233. The van der Waals surface area contributed by atoms with Gasteiger partial charge in [0, 0.05) is 23.3 Å². The molecule has 1 amide bonds. The number of carbonyl (C=O) groups excluding carboxylic acids is 1. The number of nitrogens with one attached hydrogen (secondary N) is 2. The lowest BCUT2D eigenvalue weighted by atomic mass is 10.0. The van der Waals surface area contributed by atoms with Crippen molar-refractivity contribution in [2.45, 2.75) is 26.7 Å². The minimum absolute atomic E-state index is 0.233. The van der Waals surface area contributed by atoms with Gasteiger partial charge in [0.25, 0.3) is 5.91 Å². The summed E-state index contributed by atoms with van der Waals surface area (Å²) in [4.78, 5) is 16.9. The second kappa shape index (κ2) is 9.04. The molecule has 0 fully saturated rings. The van der Waals surface area contributed by atoms with Crippen molar-refractivity contribution < 1.29 is 9.53 Å². The van der Waals surface area contributed by atoms with Crippen LogP contribution in [0.1, 0.15) is 42.7 Å². The summed E-state index contributed by atoms with van der Waals surface area (Å²) in [5.74, 6) is 0.909. The van der Waals surface area contributed by atoms with E-state index in [1.807, 2.05) is 61.5 Å². The van der Waals surface area contributed by atoms with Gasteiger partial charge in [-0.2, -0.15) is 0 Å². The Hall–Kier alpha value is -3.34. The Morgan fingerprint density at radius 2 is 1.79 bits per heavy atom. The van der Waals surface area contributed by atoms with Crippen molar-refractivity contribution in [3.8, 4) is 5.75 Å². The van der Waals surface area contributed by atoms with Gasteiger partial charge in [-0.25, -0.2) is 0 Å². The maximum Gasteiger partial charge on any atom is 0.274 e. The molecule has 5 heteroatoms. The average molecular weight is 375 g/mol. The summed E-state index contributed by atoms with van der Waals surface area (Å²) in [5, 5.41) is 6.26. The fourth-order valence-electron chi connectivity index (χ4n) is 2.90. The van der Waals surface area contributed by atoms with Crippen molar-refractivity contribution in [3.63, 3.8) is 0 Å². The van der Waals surface area contributed by atoms with Gasteiger partial charge in [-0.3, -0.25) is 9.78 Å². The van der Waals surface area contributed by atoms with Gasteiger partial charge in [-0.1, -0.05) is 32.0 Å². The number of aromatic nitrogens is 1. The van der Waals surface area contributed by atoms with Crippen LogP contribution in [0, 0.1) is 0 Å². The second-order valence-corrected chi connectivity index (χ2v) is 6.71. The molecule has 0 unspecified atom stereocenters. The number of pyridine rings is 1. The topological polar surface area (TPSA) is 63.2 Å². The van der Waals surface area contributed by atoms with Crippen LogP contribution < -0.4 is 15.4 Å². The normalized spacial score (nSPS) is 10.6. The molecule has 0 saturated carbocycles. The number of hydrogen-bond donors (Lipinski definition) is 2. The molecule has 2 aromatic carbocycles. The molecule has 0 atom stereocenters. The zero-order valence-corrected chi connectivity index (χ0v) is 16.4. The number of rotatable bonds is 7. The predicted molar refractivity (Wildman–Crippen MR) is 114 cm³/mol. The van der Waals surface area contributed by atoms with Gasteiger partial charge in [0.1, 0.15) is 11.4 Å². The number of para-hydroxylation sites is 1. The molecular weight excluding hydrogens is 350 g/mol. The largest absolute Gasteiger partial charge is 0.494 e. The fraction of sp³-hybridized carbons (Fsp3) is 0.217. The highest BCUT2D eigenvalue weighted by atomic mass is 16.5. The van der Waals surface area contributed by atoms with Crippen LogP contribution in [-0.2, 0) is 0 Å². The fourth-order valence-corrected chi connectivity index (χ4v) is 2.90. The van der Waals surface area contributed by atoms with E-state index >= 15 is 0 Å². The molecule has 3 aromatic rings. The first-order chi connectivity index (χ1) is 13.6. The van der Waals surface area contributed by atoms with Crippen LogP contribution in [0.2, 0.25) is 0 Å². The summed E-state index contributed by atoms with van der Waals surface area (Å²) in [6.45, 7) is 6.79. The van der Waals surface area contributed by atoms with E-state index in [2.05, 4.69) is 29.5 Å². The summed E-state index contributed by atoms with van der Waals surface area (Å²) in [5.41, 5.74) is 3.97. The first-order valence-corrected chi connectivity index (χ1v) is 9.43. The molecule has 28 heavy (non-hydrogen) atoms. The van der Waals surface area contributed by atoms with Crippen molar-refractivity contribution in [2.24, 2.45) is 0 Å². The van der Waals surface area contributed by atoms with Crippen LogP contribution in [0.25, 0.3) is 0 Å². The maximum atomic E-state index is 12.7. The molecule has 1 heterocycles. The van der Waals surface area contributed by atoms with Crippen LogP contribution in [-0.4, -0.2) is 17.5 Å². The molecule has 0 spiro atoms. The molecule has 0 bridgehead atoms. The summed E-state index contributed by atoms with van der Waals surface area (Å²) in [6, 6.07) is 19.1. The Morgan fingerprint density at radius 1 is 1.04 bits per heavy atom. The van der Waals surface area contributed by atoms with Crippen molar-refractivity contribution in [2.75, 3.05) is 17.2 Å². The van der Waals surface area contributed by atoms with Gasteiger partial charge in [-0.15, -0.1) is 0 Å². The summed E-state index contributed by atoms with van der Waals surface area (Å²) < 4.78 is 5.45. The number of ether oxygens (including phenoxy) is 1. The molecule has 3 rings (SSSR count). The van der Waals surface area contributed by atoms with E-state index in [1.165, 1.54) is 0 Å². The molecule has 0 aliphatic heterocycles. The van der Waals surface area contributed by atoms with Crippen molar-refractivity contribution in [3.05, 3.63) is 78.1 Å². The highest BCUT2D eigenvalue weighted by Crippen LogP contribution is 2.25. The number of nitrogens with zero attached hydrogens (tertiary/aromatic N) is 1. The Bertz CT molecular complexity index is 937. The third kappa shape index (κ3) is 4.88. The summed E-state index contributed by atoms with van der Waals surface area (Å²) in [7, 11) is 0. The third-order valence-electron chi connectivity index (χ3n) is 4.28. The monoisotopic (exact) mass is 375 g/mol. The summed E-state index contributed by atoms with van der Waals surface area (Å²) in [6.07, 6.45) is 1.63. The van der Waals surface area contributed by atoms with Gasteiger partial charge in [0.2, 0.25) is 0 Å². The second-order valence-electron chi connectivity index (χ2n) is 6.71. The predicted octanol–water partition coefficient (Wildman–Crippen LogP) is 5.60. The van der Waals surface area contributed by atoms with Crippen LogP contribution >= 0.6 is 0 Å². The molecular formula is C23H25N3O2. The SMILES string of the molecule is CCOc1ccc(Nc2ccnc(C(=O)Nc3ccccc3C(C)C)c2)cc1. The van der Waals surface area contributed by atoms with Crippen LogP contribution in [0.5, 0.6) is 5.75 Å². The van der Waals surface area contributed by atoms with E-state index in [1.54, 1.807) is 12.3 Å². The van der Waals surface area contributed by atoms with Crippen molar-refractivity contribution in [1.82, 2.24) is 4.98 Å². The molecule has 0 saturated heterocycles. The highest BCUT2D eigenvalue weighted by Gasteiger charge is 2.12. The molecule has 0 aliphatic carbocycles. The molecule has 0 radical (unpaired) electrons. The maximum absolute atomic E-state index is 12.7. The Kier molecular flexibility index (Phi) is 6.27. The lowest BCUT2D eigenvalue weighted by Crippen LogP contribution is -2.15. The first-order valence-electron chi connectivity index (χ1n) is 9.43. The summed E-state index contributed by atoms with van der Waals surface area (Å²) >= 11 is 0. The first kappa shape index (κ1) is 19.4. The average Bonchev–Trinajstić information content (AvgIpc) is 2.70. The van der Waals surface area contributed by atoms with E-state index in [-0.39, 0.29) is 5.91 Å². The quantitative estimate of drug-likeness (QED) is 0.564. The van der Waals surface area contributed by atoms with E-state index in [4.69, 9.17) is 4.74 Å². The highest BCUT2D eigenvalue weighted by molar-refractivity contribution is 6.03. The van der Waals surface area contributed by atoms with E-state index in [0.717, 1.165) is 28.4 Å². The lowest BCUT2D eigenvalue weighted by Gasteiger charge is -2.14. The molecule has 144 valence electrons. The Labute approximate surface area is 165 Å². The smallest absolute Gasteiger partial charge is 0.274 e. The van der Waals surface area contributed by atoms with Gasteiger partial charge >= 0.3 is 0 Å². The van der Waals surface area contributed by atoms with Crippen molar-refractivity contribution >= 4 is 23.0 Å². The Morgan fingerprint density at radius 3 is 2.50 bits per heavy atom. The lowest BCUT2D eigenvalue weighted by molar-refractivity contribution is 0.102. The minimum Gasteiger partial charge on any atom is -0.494 e. The molecule has 2 N–H and O–H groups in total. The van der Waals surface area contributed by atoms with E-state index in [0.29, 0.717) is 18.2 Å². The van der Waals surface area contributed by atoms with E-state index < -0.39 is 0 Å². The molecule has 0 aliphatic rings. The molecule has 5 nitrogen and oxygen atoms in total. The van der Waals surface area contributed by atoms with Gasteiger partial charge in [0.15, 0.2) is 0 Å². The van der Waals surface area contributed by atoms with Crippen molar-refractivity contribution in [1.29, 1.82) is 0 Å². The number of benzene rings is 2.